The molecule has 0 atom stereocenters. The normalized spacial score (nSPS) is 20.0. The van der Waals surface area contributed by atoms with Crippen LogP contribution in [0.2, 0.25) is 0 Å². The van der Waals surface area contributed by atoms with E-state index in [1.54, 1.807) is 12.1 Å². The fraction of sp³-hybridized carbons (Fsp3) is 0.429. The first kappa shape index (κ1) is 11.2. The Balaban J connectivity index is 2.28. The van der Waals surface area contributed by atoms with Crippen molar-refractivity contribution in [3.05, 3.63) is 35.9 Å². The molecule has 1 aromatic carbocycles. The third-order valence-electron chi connectivity index (χ3n) is 3.28. The van der Waals surface area contributed by atoms with Crippen LogP contribution in [0.3, 0.4) is 0 Å². The molecule has 0 spiro atoms. The highest BCUT2D eigenvalue weighted by Gasteiger charge is 2.28. The van der Waals surface area contributed by atoms with Crippen molar-refractivity contribution >= 4 is 5.57 Å². The van der Waals surface area contributed by atoms with E-state index in [2.05, 4.69) is 0 Å². The van der Waals surface area contributed by atoms with Crippen LogP contribution in [0, 0.1) is 0 Å². The van der Waals surface area contributed by atoms with Crippen molar-refractivity contribution in [1.82, 2.24) is 0 Å². The average molecular weight is 218 g/mol. The first-order chi connectivity index (χ1) is 7.61. The zero-order chi connectivity index (χ0) is 11.6. The van der Waals surface area contributed by atoms with Gasteiger partial charge < -0.3 is 10.2 Å². The molecule has 1 saturated carbocycles. The maximum atomic E-state index is 10.3. The summed E-state index contributed by atoms with van der Waals surface area (Å²) in [5.74, 6) is 0.276. The molecule has 0 amide bonds. The Hall–Kier alpha value is -1.28. The molecule has 1 aromatic rings. The predicted molar refractivity (Wildman–Crippen MR) is 65.2 cm³/mol. The predicted octanol–water partition coefficient (Wildman–Crippen LogP) is 3.10. The second-order valence-electron chi connectivity index (χ2n) is 4.66. The standard InChI is InChI=1S/C14H18O2/c1-11(10-14(16)8-4-5-9-14)12-6-2-3-7-13(12)15/h2-3,6-7,10,15-16H,4-5,8-9H2,1H3/b11-10-. The molecule has 1 aliphatic rings. The van der Waals surface area contributed by atoms with E-state index in [1.807, 2.05) is 25.1 Å². The van der Waals surface area contributed by atoms with Crippen molar-refractivity contribution in [1.29, 1.82) is 0 Å². The number of benzene rings is 1. The molecule has 0 bridgehead atoms. The van der Waals surface area contributed by atoms with Gasteiger partial charge in [0.05, 0.1) is 5.60 Å². The van der Waals surface area contributed by atoms with Crippen LogP contribution in [0.1, 0.15) is 38.2 Å². The summed E-state index contributed by atoms with van der Waals surface area (Å²) >= 11 is 0. The van der Waals surface area contributed by atoms with Gasteiger partial charge in [-0.25, -0.2) is 0 Å². The number of phenolic OH excluding ortho intramolecular Hbond substituents is 1. The van der Waals surface area contributed by atoms with Gasteiger partial charge in [0, 0.05) is 5.56 Å². The lowest BCUT2D eigenvalue weighted by atomic mass is 9.95. The SMILES string of the molecule is C/C(=C/C1(O)CCCC1)c1ccccc1O. The summed E-state index contributed by atoms with van der Waals surface area (Å²) in [6, 6.07) is 7.24. The van der Waals surface area contributed by atoms with Crippen molar-refractivity contribution < 1.29 is 10.2 Å². The zero-order valence-electron chi connectivity index (χ0n) is 9.61. The van der Waals surface area contributed by atoms with Crippen LogP contribution in [-0.2, 0) is 0 Å². The number of hydrogen-bond donors (Lipinski definition) is 2. The van der Waals surface area contributed by atoms with E-state index in [1.165, 1.54) is 0 Å². The van der Waals surface area contributed by atoms with Gasteiger partial charge in [0.15, 0.2) is 0 Å². The Bertz CT molecular complexity index is 401. The number of phenols is 1. The maximum absolute atomic E-state index is 10.3. The van der Waals surface area contributed by atoms with Crippen LogP contribution >= 0.6 is 0 Å². The molecule has 2 rings (SSSR count). The van der Waals surface area contributed by atoms with Crippen molar-refractivity contribution in [2.45, 2.75) is 38.2 Å². The maximum Gasteiger partial charge on any atom is 0.123 e. The van der Waals surface area contributed by atoms with Gasteiger partial charge >= 0.3 is 0 Å². The molecule has 0 radical (unpaired) electrons. The summed E-state index contributed by atoms with van der Waals surface area (Å²) in [7, 11) is 0. The van der Waals surface area contributed by atoms with Gasteiger partial charge in [0.25, 0.3) is 0 Å². The molecule has 0 aliphatic heterocycles. The zero-order valence-corrected chi connectivity index (χ0v) is 9.61. The molecule has 0 saturated heterocycles. The first-order valence-electron chi connectivity index (χ1n) is 5.81. The molecule has 86 valence electrons. The quantitative estimate of drug-likeness (QED) is 0.800. The van der Waals surface area contributed by atoms with E-state index in [9.17, 15) is 10.2 Å². The monoisotopic (exact) mass is 218 g/mol. The largest absolute Gasteiger partial charge is 0.507 e. The number of aliphatic hydroxyl groups is 1. The van der Waals surface area contributed by atoms with E-state index in [0.717, 1.165) is 36.8 Å². The summed E-state index contributed by atoms with van der Waals surface area (Å²) in [5, 5.41) is 20.0. The number of allylic oxidation sites excluding steroid dienone is 1. The minimum absolute atomic E-state index is 0.276. The van der Waals surface area contributed by atoms with E-state index in [0.29, 0.717) is 0 Å². The molecule has 16 heavy (non-hydrogen) atoms. The Labute approximate surface area is 96.2 Å². The van der Waals surface area contributed by atoms with Gasteiger partial charge in [0.1, 0.15) is 5.75 Å². The number of rotatable bonds is 2. The fourth-order valence-corrected chi connectivity index (χ4v) is 2.42. The highest BCUT2D eigenvalue weighted by molar-refractivity contribution is 5.69. The van der Waals surface area contributed by atoms with Gasteiger partial charge in [-0.15, -0.1) is 0 Å². The van der Waals surface area contributed by atoms with Gasteiger partial charge in [-0.05, 0) is 37.5 Å². The van der Waals surface area contributed by atoms with Crippen molar-refractivity contribution in [2.24, 2.45) is 0 Å². The smallest absolute Gasteiger partial charge is 0.123 e. The summed E-state index contributed by atoms with van der Waals surface area (Å²) in [4.78, 5) is 0. The molecule has 2 N–H and O–H groups in total. The molecular formula is C14H18O2. The van der Waals surface area contributed by atoms with E-state index >= 15 is 0 Å². The number of aromatic hydroxyl groups is 1. The Morgan fingerprint density at radius 2 is 1.88 bits per heavy atom. The van der Waals surface area contributed by atoms with E-state index in [4.69, 9.17) is 0 Å². The van der Waals surface area contributed by atoms with Crippen LogP contribution in [-0.4, -0.2) is 15.8 Å². The lowest BCUT2D eigenvalue weighted by Crippen LogP contribution is -2.20. The van der Waals surface area contributed by atoms with Crippen LogP contribution < -0.4 is 0 Å². The van der Waals surface area contributed by atoms with E-state index < -0.39 is 5.60 Å². The van der Waals surface area contributed by atoms with Gasteiger partial charge in [-0.2, -0.15) is 0 Å². The lowest BCUT2D eigenvalue weighted by molar-refractivity contribution is 0.0997. The summed E-state index contributed by atoms with van der Waals surface area (Å²) in [5.41, 5.74) is 1.09. The molecule has 0 heterocycles. The molecule has 1 fully saturated rings. The minimum atomic E-state index is -0.660. The third kappa shape index (κ3) is 2.27. The van der Waals surface area contributed by atoms with Crippen LogP contribution in [0.5, 0.6) is 5.75 Å². The molecule has 2 heteroatoms. The highest BCUT2D eigenvalue weighted by Crippen LogP contribution is 2.34. The second kappa shape index (κ2) is 4.30. The lowest BCUT2D eigenvalue weighted by Gasteiger charge is -2.18. The highest BCUT2D eigenvalue weighted by atomic mass is 16.3. The van der Waals surface area contributed by atoms with Crippen LogP contribution in [0.4, 0.5) is 0 Å². The van der Waals surface area contributed by atoms with Gasteiger partial charge in [0.2, 0.25) is 0 Å². The molecular weight excluding hydrogens is 200 g/mol. The molecule has 0 aromatic heterocycles. The number of para-hydroxylation sites is 1. The molecule has 1 aliphatic carbocycles. The fourth-order valence-electron chi connectivity index (χ4n) is 2.42. The Morgan fingerprint density at radius 3 is 2.50 bits per heavy atom. The third-order valence-corrected chi connectivity index (χ3v) is 3.28. The topological polar surface area (TPSA) is 40.5 Å². The van der Waals surface area contributed by atoms with Crippen molar-refractivity contribution in [3.8, 4) is 5.75 Å². The van der Waals surface area contributed by atoms with Gasteiger partial charge in [-0.1, -0.05) is 31.0 Å². The molecule has 0 unspecified atom stereocenters. The van der Waals surface area contributed by atoms with Crippen LogP contribution in [0.25, 0.3) is 5.57 Å². The summed E-state index contributed by atoms with van der Waals surface area (Å²) in [6.07, 6.45) is 5.73. The van der Waals surface area contributed by atoms with Crippen LogP contribution in [0.15, 0.2) is 30.3 Å². The minimum Gasteiger partial charge on any atom is -0.507 e. The summed E-state index contributed by atoms with van der Waals surface area (Å²) in [6.45, 7) is 1.94. The summed E-state index contributed by atoms with van der Waals surface area (Å²) < 4.78 is 0. The van der Waals surface area contributed by atoms with Crippen molar-refractivity contribution in [2.75, 3.05) is 0 Å². The van der Waals surface area contributed by atoms with E-state index in [-0.39, 0.29) is 5.75 Å². The van der Waals surface area contributed by atoms with Gasteiger partial charge in [-0.3, -0.25) is 0 Å². The first-order valence-corrected chi connectivity index (χ1v) is 5.81. The second-order valence-corrected chi connectivity index (χ2v) is 4.66. The Morgan fingerprint density at radius 1 is 1.25 bits per heavy atom. The van der Waals surface area contributed by atoms with Crippen molar-refractivity contribution in [3.63, 3.8) is 0 Å². The number of hydrogen-bond acceptors (Lipinski definition) is 2. The Kier molecular flexibility index (Phi) is 3.01. The average Bonchev–Trinajstić information content (AvgIpc) is 2.65. The molecule has 2 nitrogen and oxygen atoms in total.